The van der Waals surface area contributed by atoms with Crippen molar-refractivity contribution in [2.45, 2.75) is 101 Å². The third-order valence-electron chi connectivity index (χ3n) is 7.64. The zero-order valence-corrected chi connectivity index (χ0v) is 21.5. The Hall–Kier alpha value is -1.44. The fourth-order valence-electron chi connectivity index (χ4n) is 5.31. The van der Waals surface area contributed by atoms with Crippen LogP contribution in [0, 0.1) is 17.7 Å². The van der Waals surface area contributed by atoms with Gasteiger partial charge in [0.15, 0.2) is 18.2 Å². The summed E-state index contributed by atoms with van der Waals surface area (Å²) in [5.41, 5.74) is 3.28. The molecule has 35 heavy (non-hydrogen) atoms. The zero-order valence-electron chi connectivity index (χ0n) is 20.5. The Balaban J connectivity index is 1.39. The van der Waals surface area contributed by atoms with Crippen molar-refractivity contribution in [2.24, 2.45) is 11.8 Å². The summed E-state index contributed by atoms with van der Waals surface area (Å²) in [7, 11) is -0.264. The van der Waals surface area contributed by atoms with Crippen molar-refractivity contribution in [1.29, 1.82) is 0 Å². The van der Waals surface area contributed by atoms with E-state index in [0.717, 1.165) is 37.2 Å². The zero-order chi connectivity index (χ0) is 25.5. The van der Waals surface area contributed by atoms with Crippen LogP contribution in [0.4, 0.5) is 26.3 Å². The van der Waals surface area contributed by atoms with Crippen LogP contribution in [0.25, 0.3) is 0 Å². The third kappa shape index (κ3) is 8.29. The van der Waals surface area contributed by atoms with Gasteiger partial charge < -0.3 is 4.74 Å². The Morgan fingerprint density at radius 3 is 2.14 bits per heavy atom. The summed E-state index contributed by atoms with van der Waals surface area (Å²) in [5, 5.41) is 0. The molecule has 8 heteroatoms. The minimum Gasteiger partial charge on any atom is -0.484 e. The van der Waals surface area contributed by atoms with Gasteiger partial charge >= 0.3 is 12.1 Å². The molecular formula is C27H37F6OSi. The topological polar surface area (TPSA) is 9.23 Å². The number of ether oxygens (including phenoxy) is 1. The number of hydrogen-bond acceptors (Lipinski definition) is 1. The molecule has 197 valence electrons. The average Bonchev–Trinajstić information content (AvgIpc) is 2.82. The summed E-state index contributed by atoms with van der Waals surface area (Å²) < 4.78 is 81.7. The first-order chi connectivity index (χ1) is 16.6. The quantitative estimate of drug-likeness (QED) is 0.221. The van der Waals surface area contributed by atoms with Crippen molar-refractivity contribution in [3.63, 3.8) is 0 Å². The van der Waals surface area contributed by atoms with E-state index >= 15 is 0 Å². The summed E-state index contributed by atoms with van der Waals surface area (Å²) in [5.74, 6) is -4.77. The van der Waals surface area contributed by atoms with Crippen molar-refractivity contribution in [2.75, 3.05) is 6.61 Å². The number of benzene rings is 1. The van der Waals surface area contributed by atoms with Crippen molar-refractivity contribution in [1.82, 2.24) is 0 Å². The van der Waals surface area contributed by atoms with Crippen molar-refractivity contribution >= 4 is 8.80 Å². The molecule has 0 atom stereocenters. The SMILES string of the molecule is CCCC=C[Si]1CCC(CCC2CCC(c3ccc(OCC(F)(F)C(F)(F)F)c(F)c3)CC2)CC1. The Morgan fingerprint density at radius 1 is 0.943 bits per heavy atom. The minimum atomic E-state index is -5.73. The van der Waals surface area contributed by atoms with Crippen LogP contribution in [0.15, 0.2) is 30.0 Å². The van der Waals surface area contributed by atoms with E-state index in [1.807, 2.05) is 0 Å². The predicted molar refractivity (Wildman–Crippen MR) is 129 cm³/mol. The Kier molecular flexibility index (Phi) is 10.2. The van der Waals surface area contributed by atoms with Gasteiger partial charge in [0.2, 0.25) is 0 Å². The van der Waals surface area contributed by atoms with Crippen LogP contribution in [-0.4, -0.2) is 27.5 Å². The second-order valence-corrected chi connectivity index (χ2v) is 12.9. The van der Waals surface area contributed by atoms with Gasteiger partial charge in [-0.3, -0.25) is 0 Å². The number of halogens is 6. The highest BCUT2D eigenvalue weighted by atomic mass is 28.3. The van der Waals surface area contributed by atoms with Gasteiger partial charge in [-0.15, -0.1) is 5.70 Å². The van der Waals surface area contributed by atoms with E-state index < -0.39 is 30.3 Å². The van der Waals surface area contributed by atoms with Crippen LogP contribution in [0.3, 0.4) is 0 Å². The first-order valence-corrected chi connectivity index (χ1v) is 15.0. The van der Waals surface area contributed by atoms with Crippen molar-refractivity contribution < 1.29 is 31.1 Å². The van der Waals surface area contributed by atoms with E-state index in [0.29, 0.717) is 5.92 Å². The lowest BCUT2D eigenvalue weighted by Gasteiger charge is -2.31. The second-order valence-electron chi connectivity index (χ2n) is 10.3. The van der Waals surface area contributed by atoms with Gasteiger partial charge in [-0.05, 0) is 67.6 Å². The van der Waals surface area contributed by atoms with Crippen LogP contribution in [0.2, 0.25) is 12.1 Å². The van der Waals surface area contributed by atoms with Crippen LogP contribution < -0.4 is 4.74 Å². The molecule has 1 aromatic carbocycles. The van der Waals surface area contributed by atoms with Crippen molar-refractivity contribution in [3.8, 4) is 5.75 Å². The molecule has 1 nitrogen and oxygen atoms in total. The maximum Gasteiger partial charge on any atom is 0.456 e. The molecule has 1 saturated heterocycles. The molecule has 0 spiro atoms. The third-order valence-corrected chi connectivity index (χ3v) is 10.2. The molecular weight excluding hydrogens is 482 g/mol. The Morgan fingerprint density at radius 2 is 1.57 bits per heavy atom. The molecule has 0 unspecified atom stereocenters. The fraction of sp³-hybridized carbons (Fsp3) is 0.704. The molecule has 0 bridgehead atoms. The van der Waals surface area contributed by atoms with Gasteiger partial charge in [-0.25, -0.2) is 4.39 Å². The van der Waals surface area contributed by atoms with E-state index in [9.17, 15) is 26.3 Å². The Labute approximate surface area is 206 Å². The maximum atomic E-state index is 14.3. The molecule has 0 N–H and O–H groups in total. The lowest BCUT2D eigenvalue weighted by atomic mass is 9.76. The largest absolute Gasteiger partial charge is 0.484 e. The number of rotatable bonds is 10. The van der Waals surface area contributed by atoms with E-state index in [-0.39, 0.29) is 14.7 Å². The van der Waals surface area contributed by atoms with E-state index in [1.165, 1.54) is 62.7 Å². The van der Waals surface area contributed by atoms with E-state index in [1.54, 1.807) is 6.07 Å². The summed E-state index contributed by atoms with van der Waals surface area (Å²) in [6, 6.07) is 6.79. The van der Waals surface area contributed by atoms with E-state index in [2.05, 4.69) is 23.4 Å². The predicted octanol–water partition coefficient (Wildman–Crippen LogP) is 9.26. The molecule has 0 amide bonds. The molecule has 3 rings (SSSR count). The highest BCUT2D eigenvalue weighted by molar-refractivity contribution is 6.64. The molecule has 1 heterocycles. The monoisotopic (exact) mass is 519 g/mol. The minimum absolute atomic E-state index is 0.182. The maximum absolute atomic E-state index is 14.3. The van der Waals surface area contributed by atoms with Crippen molar-refractivity contribution in [3.05, 3.63) is 41.4 Å². The molecule has 1 saturated carbocycles. The first kappa shape index (κ1) is 28.1. The smallest absolute Gasteiger partial charge is 0.456 e. The number of allylic oxidation sites excluding steroid dienone is 1. The first-order valence-electron chi connectivity index (χ1n) is 13.0. The summed E-state index contributed by atoms with van der Waals surface area (Å²) in [6.07, 6.45) is 8.40. The second kappa shape index (κ2) is 12.7. The van der Waals surface area contributed by atoms with Gasteiger partial charge in [-0.1, -0.05) is 63.3 Å². The van der Waals surface area contributed by atoms with Gasteiger partial charge in [0.25, 0.3) is 0 Å². The molecule has 1 aromatic rings. The summed E-state index contributed by atoms with van der Waals surface area (Å²) in [6.45, 7) is 0.282. The van der Waals surface area contributed by atoms with E-state index in [4.69, 9.17) is 0 Å². The fourth-order valence-corrected chi connectivity index (χ4v) is 7.96. The number of alkyl halides is 5. The normalized spacial score (nSPS) is 23.2. The highest BCUT2D eigenvalue weighted by Crippen LogP contribution is 2.41. The van der Waals surface area contributed by atoms with Gasteiger partial charge in [0.1, 0.15) is 0 Å². The molecule has 2 fully saturated rings. The average molecular weight is 520 g/mol. The Bertz CT molecular complexity index is 808. The number of unbranched alkanes of at least 4 members (excludes halogenated alkanes) is 1. The highest BCUT2D eigenvalue weighted by Gasteiger charge is 2.58. The van der Waals surface area contributed by atoms with Crippen LogP contribution in [0.1, 0.15) is 82.6 Å². The molecule has 2 aliphatic rings. The molecule has 1 radical (unpaired) electrons. The van der Waals surface area contributed by atoms with Gasteiger partial charge in [-0.2, -0.15) is 22.0 Å². The van der Waals surface area contributed by atoms with Crippen LogP contribution in [-0.2, 0) is 0 Å². The van der Waals surface area contributed by atoms with Gasteiger partial charge in [0.05, 0.1) is 8.80 Å². The summed E-state index contributed by atoms with van der Waals surface area (Å²) in [4.78, 5) is 0. The lowest BCUT2D eigenvalue weighted by molar-refractivity contribution is -0.290. The van der Waals surface area contributed by atoms with Crippen LogP contribution >= 0.6 is 0 Å². The number of hydrogen-bond donors (Lipinski definition) is 0. The van der Waals surface area contributed by atoms with Gasteiger partial charge in [0, 0.05) is 0 Å². The lowest BCUT2D eigenvalue weighted by Crippen LogP contribution is -2.41. The molecule has 1 aliphatic heterocycles. The van der Waals surface area contributed by atoms with Crippen LogP contribution in [0.5, 0.6) is 5.75 Å². The standard InChI is InChI=1S/C27H37F6OSi/c1-2-3-4-15-35-16-13-21(14-17-35)6-5-20-7-9-22(10-8-20)23-11-12-25(24(28)18-23)34-19-26(29,30)27(31,32)33/h4,11-12,15,18,20-22H,2-3,5-10,13-14,16-17,19H2,1H3. The summed E-state index contributed by atoms with van der Waals surface area (Å²) >= 11 is 0. The molecule has 0 aromatic heterocycles. The molecule has 1 aliphatic carbocycles.